The van der Waals surface area contributed by atoms with Crippen LogP contribution in [0, 0.1) is 0 Å². The first-order valence-electron chi connectivity index (χ1n) is 10.1. The van der Waals surface area contributed by atoms with Crippen molar-refractivity contribution in [3.8, 4) is 28.5 Å². The van der Waals surface area contributed by atoms with Crippen LogP contribution in [0.15, 0.2) is 48.7 Å². The lowest BCUT2D eigenvalue weighted by Crippen LogP contribution is -2.25. The number of aromatic amines is 1. The van der Waals surface area contributed by atoms with Crippen molar-refractivity contribution >= 4 is 0 Å². The van der Waals surface area contributed by atoms with Crippen molar-refractivity contribution in [1.29, 1.82) is 0 Å². The maximum absolute atomic E-state index is 5.99. The number of hydrogen-bond donors (Lipinski definition) is 1. The van der Waals surface area contributed by atoms with Crippen LogP contribution in [-0.4, -0.2) is 42.0 Å². The third-order valence-corrected chi connectivity index (χ3v) is 5.77. The smallest absolute Gasteiger partial charge is 0.166 e. The lowest BCUT2D eigenvalue weighted by atomic mass is 10.0. The minimum Gasteiger partial charge on any atom is -0.497 e. The van der Waals surface area contributed by atoms with Crippen LogP contribution in [0.3, 0.4) is 0 Å². The fraction of sp³-hybridized carbons (Fsp3) is 0.348. The molecule has 5 rings (SSSR count). The summed E-state index contributed by atoms with van der Waals surface area (Å²) in [5.41, 5.74) is 4.55. The average molecular weight is 391 g/mol. The van der Waals surface area contributed by atoms with Crippen LogP contribution in [0.5, 0.6) is 17.2 Å². The summed E-state index contributed by atoms with van der Waals surface area (Å²) in [5, 5.41) is 7.50. The van der Waals surface area contributed by atoms with E-state index >= 15 is 0 Å². The number of H-pyrrole nitrogens is 1. The molecule has 1 aromatic heterocycles. The van der Waals surface area contributed by atoms with E-state index in [4.69, 9.17) is 14.2 Å². The Morgan fingerprint density at radius 2 is 2.07 bits per heavy atom. The number of ether oxygens (including phenoxy) is 3. The van der Waals surface area contributed by atoms with Crippen LogP contribution in [0.1, 0.15) is 30.0 Å². The van der Waals surface area contributed by atoms with Gasteiger partial charge in [-0.2, -0.15) is 5.10 Å². The van der Waals surface area contributed by atoms with E-state index in [0.29, 0.717) is 19.3 Å². The molecule has 0 radical (unpaired) electrons. The molecule has 3 aromatic rings. The standard InChI is InChI=1S/C23H25N3O3/c1-27-18-6-2-5-16(13-18)22-17(14-24-25-22)15-26-10-4-8-20(26)19-7-3-9-21-23(19)29-12-11-28-21/h2-3,5-7,9,13-14,20H,4,8,10-12,15H2,1H3,(H,24,25). The largest absolute Gasteiger partial charge is 0.497 e. The van der Waals surface area contributed by atoms with Gasteiger partial charge < -0.3 is 14.2 Å². The number of para-hydroxylation sites is 1. The normalized spacial score (nSPS) is 18.7. The molecule has 0 bridgehead atoms. The number of nitrogens with zero attached hydrogens (tertiary/aromatic N) is 2. The summed E-state index contributed by atoms with van der Waals surface area (Å²) in [5.74, 6) is 2.62. The van der Waals surface area contributed by atoms with Gasteiger partial charge in [0.2, 0.25) is 0 Å². The van der Waals surface area contributed by atoms with Gasteiger partial charge in [0.1, 0.15) is 19.0 Å². The number of benzene rings is 2. The van der Waals surface area contributed by atoms with Gasteiger partial charge in [-0.15, -0.1) is 0 Å². The van der Waals surface area contributed by atoms with Gasteiger partial charge in [0.25, 0.3) is 0 Å². The molecule has 1 atom stereocenters. The zero-order valence-electron chi connectivity index (χ0n) is 16.6. The monoisotopic (exact) mass is 391 g/mol. The number of nitrogens with one attached hydrogen (secondary N) is 1. The summed E-state index contributed by atoms with van der Waals surface area (Å²) < 4.78 is 17.2. The molecule has 6 nitrogen and oxygen atoms in total. The van der Waals surface area contributed by atoms with E-state index in [1.54, 1.807) is 7.11 Å². The van der Waals surface area contributed by atoms with Crippen LogP contribution in [0.2, 0.25) is 0 Å². The molecule has 3 heterocycles. The molecule has 1 N–H and O–H groups in total. The zero-order valence-corrected chi connectivity index (χ0v) is 16.6. The van der Waals surface area contributed by atoms with E-state index in [2.05, 4.69) is 33.3 Å². The van der Waals surface area contributed by atoms with Crippen LogP contribution in [-0.2, 0) is 6.54 Å². The lowest BCUT2D eigenvalue weighted by molar-refractivity contribution is 0.163. The Morgan fingerprint density at radius 1 is 1.17 bits per heavy atom. The molecule has 2 aromatic carbocycles. The predicted molar refractivity (Wildman–Crippen MR) is 110 cm³/mol. The molecule has 2 aliphatic rings. The topological polar surface area (TPSA) is 59.6 Å². The zero-order chi connectivity index (χ0) is 19.6. The van der Waals surface area contributed by atoms with E-state index in [9.17, 15) is 0 Å². The molecule has 29 heavy (non-hydrogen) atoms. The molecular weight excluding hydrogens is 366 g/mol. The van der Waals surface area contributed by atoms with E-state index in [1.165, 1.54) is 17.5 Å². The highest BCUT2D eigenvalue weighted by atomic mass is 16.6. The molecule has 1 saturated heterocycles. The van der Waals surface area contributed by atoms with E-state index in [-0.39, 0.29) is 0 Å². The molecule has 1 unspecified atom stereocenters. The first-order chi connectivity index (χ1) is 14.3. The number of rotatable bonds is 5. The Kier molecular flexibility index (Phi) is 4.86. The van der Waals surface area contributed by atoms with Crippen molar-refractivity contribution in [3.05, 3.63) is 59.8 Å². The van der Waals surface area contributed by atoms with Crippen molar-refractivity contribution < 1.29 is 14.2 Å². The second kappa shape index (κ2) is 7.79. The minimum atomic E-state index is 0.319. The van der Waals surface area contributed by atoms with Crippen LogP contribution in [0.4, 0.5) is 0 Å². The Bertz CT molecular complexity index is 1000. The summed E-state index contributed by atoms with van der Waals surface area (Å²) >= 11 is 0. The SMILES string of the molecule is COc1cccc(-c2[nH]ncc2CN2CCCC2c2cccc3c2OCCO3)c1. The maximum atomic E-state index is 5.99. The number of hydrogen-bond acceptors (Lipinski definition) is 5. The predicted octanol–water partition coefficient (Wildman–Crippen LogP) is 4.19. The van der Waals surface area contributed by atoms with Gasteiger partial charge in [0, 0.05) is 29.3 Å². The van der Waals surface area contributed by atoms with E-state index in [1.807, 2.05) is 30.5 Å². The molecule has 2 aliphatic heterocycles. The Hall–Kier alpha value is -2.99. The van der Waals surface area contributed by atoms with Gasteiger partial charge in [-0.3, -0.25) is 10.00 Å². The highest BCUT2D eigenvalue weighted by Crippen LogP contribution is 2.43. The fourth-order valence-corrected chi connectivity index (χ4v) is 4.40. The Balaban J connectivity index is 1.42. The quantitative estimate of drug-likeness (QED) is 0.707. The highest BCUT2D eigenvalue weighted by Gasteiger charge is 2.31. The fourth-order valence-electron chi connectivity index (χ4n) is 4.40. The maximum Gasteiger partial charge on any atom is 0.166 e. The summed E-state index contributed by atoms with van der Waals surface area (Å²) in [4.78, 5) is 2.52. The van der Waals surface area contributed by atoms with Gasteiger partial charge in [0.15, 0.2) is 11.5 Å². The summed E-state index contributed by atoms with van der Waals surface area (Å²) in [6, 6.07) is 14.6. The van der Waals surface area contributed by atoms with Crippen molar-refractivity contribution in [1.82, 2.24) is 15.1 Å². The second-order valence-corrected chi connectivity index (χ2v) is 7.50. The summed E-state index contributed by atoms with van der Waals surface area (Å²) in [6.45, 7) is 3.11. The van der Waals surface area contributed by atoms with Crippen molar-refractivity contribution in [2.75, 3.05) is 26.9 Å². The molecule has 0 amide bonds. The first kappa shape index (κ1) is 18.1. The molecule has 0 spiro atoms. The third kappa shape index (κ3) is 3.44. The summed E-state index contributed by atoms with van der Waals surface area (Å²) in [6.07, 6.45) is 4.22. The first-order valence-corrected chi connectivity index (χ1v) is 10.1. The minimum absolute atomic E-state index is 0.319. The van der Waals surface area contributed by atoms with Crippen molar-refractivity contribution in [3.63, 3.8) is 0 Å². The molecule has 6 heteroatoms. The average Bonchev–Trinajstić information content (AvgIpc) is 3.43. The lowest BCUT2D eigenvalue weighted by Gasteiger charge is -2.28. The number of aromatic nitrogens is 2. The number of likely N-dealkylation sites (tertiary alicyclic amines) is 1. The van der Waals surface area contributed by atoms with Crippen LogP contribution in [0.25, 0.3) is 11.3 Å². The van der Waals surface area contributed by atoms with Gasteiger partial charge in [-0.25, -0.2) is 0 Å². The van der Waals surface area contributed by atoms with Gasteiger partial charge in [-0.1, -0.05) is 24.3 Å². The van der Waals surface area contributed by atoms with Gasteiger partial charge in [-0.05, 0) is 37.6 Å². The van der Waals surface area contributed by atoms with Crippen molar-refractivity contribution in [2.45, 2.75) is 25.4 Å². The van der Waals surface area contributed by atoms with Crippen molar-refractivity contribution in [2.24, 2.45) is 0 Å². The van der Waals surface area contributed by atoms with Crippen LogP contribution >= 0.6 is 0 Å². The van der Waals surface area contributed by atoms with Gasteiger partial charge in [0.05, 0.1) is 19.0 Å². The Morgan fingerprint density at radius 3 is 3.00 bits per heavy atom. The molecular formula is C23H25N3O3. The second-order valence-electron chi connectivity index (χ2n) is 7.50. The van der Waals surface area contributed by atoms with E-state index in [0.717, 1.165) is 48.0 Å². The third-order valence-electron chi connectivity index (χ3n) is 5.77. The molecule has 1 fully saturated rings. The number of fused-ring (bicyclic) bond motifs is 1. The van der Waals surface area contributed by atoms with Gasteiger partial charge >= 0.3 is 0 Å². The number of methoxy groups -OCH3 is 1. The Labute approximate surface area is 170 Å². The summed E-state index contributed by atoms with van der Waals surface area (Å²) in [7, 11) is 1.69. The molecule has 0 aliphatic carbocycles. The molecule has 150 valence electrons. The van der Waals surface area contributed by atoms with E-state index < -0.39 is 0 Å². The highest BCUT2D eigenvalue weighted by molar-refractivity contribution is 5.64. The molecule has 0 saturated carbocycles. The van der Waals surface area contributed by atoms with Crippen LogP contribution < -0.4 is 14.2 Å².